The zero-order valence-corrected chi connectivity index (χ0v) is 16.2. The van der Waals surface area contributed by atoms with Crippen molar-refractivity contribution in [2.75, 3.05) is 6.61 Å². The van der Waals surface area contributed by atoms with Gasteiger partial charge in [0.1, 0.15) is 5.75 Å². The molecule has 1 aliphatic carbocycles. The molecule has 0 unspecified atom stereocenters. The van der Waals surface area contributed by atoms with Crippen molar-refractivity contribution in [3.63, 3.8) is 0 Å². The van der Waals surface area contributed by atoms with E-state index in [0.717, 1.165) is 32.1 Å². The lowest BCUT2D eigenvalue weighted by Crippen LogP contribution is -2.48. The Labute approximate surface area is 164 Å². The normalized spacial score (nSPS) is 15.2. The summed E-state index contributed by atoms with van der Waals surface area (Å²) in [7, 11) is 0. The van der Waals surface area contributed by atoms with Crippen molar-refractivity contribution in [1.82, 2.24) is 10.6 Å². The van der Waals surface area contributed by atoms with Gasteiger partial charge in [0.15, 0.2) is 18.5 Å². The predicted molar refractivity (Wildman–Crippen MR) is 101 cm³/mol. The maximum Gasteiger partial charge on any atom is 0.344 e. The Morgan fingerprint density at radius 2 is 1.86 bits per heavy atom. The number of benzene rings is 1. The Morgan fingerprint density at radius 1 is 1.14 bits per heavy atom. The molecular weight excluding hydrogens is 364 g/mol. The molecule has 28 heavy (non-hydrogen) atoms. The Bertz CT molecular complexity index is 727. The molecule has 0 radical (unpaired) electrons. The minimum absolute atomic E-state index is 0.0681. The molecule has 0 spiro atoms. The average molecular weight is 390 g/mol. The van der Waals surface area contributed by atoms with Crippen LogP contribution in [0.4, 0.5) is 4.79 Å². The molecule has 2 rings (SSSR count). The Morgan fingerprint density at radius 3 is 2.54 bits per heavy atom. The fourth-order valence-electron chi connectivity index (χ4n) is 2.91. The first kappa shape index (κ1) is 21.4. The summed E-state index contributed by atoms with van der Waals surface area (Å²) in [5.74, 6) is -1.25. The van der Waals surface area contributed by atoms with Gasteiger partial charge in [-0.05, 0) is 38.8 Å². The lowest BCUT2D eigenvalue weighted by atomic mass is 9.96. The Balaban J connectivity index is 1.73. The zero-order chi connectivity index (χ0) is 20.5. The number of imide groups is 1. The first-order valence-electron chi connectivity index (χ1n) is 9.40. The SMILES string of the molecule is CC(=O)c1cccc(OCC(=O)O[C@H](C)C(=O)NC(=O)NC2CCCCC2)c1. The molecule has 1 fully saturated rings. The number of nitrogens with one attached hydrogen (secondary N) is 2. The summed E-state index contributed by atoms with van der Waals surface area (Å²) in [5, 5.41) is 4.94. The van der Waals surface area contributed by atoms with E-state index in [9.17, 15) is 19.2 Å². The number of carbonyl (C=O) groups is 4. The topological polar surface area (TPSA) is 111 Å². The number of esters is 1. The van der Waals surface area contributed by atoms with Gasteiger partial charge in [-0.3, -0.25) is 14.9 Å². The van der Waals surface area contributed by atoms with Crippen molar-refractivity contribution in [3.05, 3.63) is 29.8 Å². The largest absolute Gasteiger partial charge is 0.482 e. The molecule has 1 aromatic carbocycles. The Hall–Kier alpha value is -2.90. The van der Waals surface area contributed by atoms with Gasteiger partial charge >= 0.3 is 12.0 Å². The van der Waals surface area contributed by atoms with Gasteiger partial charge in [0, 0.05) is 11.6 Å². The summed E-state index contributed by atoms with van der Waals surface area (Å²) in [6, 6.07) is 5.87. The molecule has 8 nitrogen and oxygen atoms in total. The van der Waals surface area contributed by atoms with Crippen molar-refractivity contribution in [3.8, 4) is 5.75 Å². The maximum atomic E-state index is 12.0. The molecule has 0 heterocycles. The van der Waals surface area contributed by atoms with Crippen LogP contribution < -0.4 is 15.4 Å². The summed E-state index contributed by atoms with van der Waals surface area (Å²) < 4.78 is 10.3. The second-order valence-corrected chi connectivity index (χ2v) is 6.80. The van der Waals surface area contributed by atoms with Gasteiger partial charge in [-0.25, -0.2) is 9.59 Å². The highest BCUT2D eigenvalue weighted by Gasteiger charge is 2.22. The van der Waals surface area contributed by atoms with E-state index in [-0.39, 0.29) is 11.8 Å². The first-order chi connectivity index (χ1) is 13.3. The van der Waals surface area contributed by atoms with Gasteiger partial charge in [-0.15, -0.1) is 0 Å². The van der Waals surface area contributed by atoms with Crippen LogP contribution >= 0.6 is 0 Å². The van der Waals surface area contributed by atoms with E-state index in [0.29, 0.717) is 11.3 Å². The quantitative estimate of drug-likeness (QED) is 0.546. The monoisotopic (exact) mass is 390 g/mol. The van der Waals surface area contributed by atoms with E-state index < -0.39 is 30.6 Å². The molecule has 8 heteroatoms. The van der Waals surface area contributed by atoms with Gasteiger partial charge in [0.25, 0.3) is 5.91 Å². The number of urea groups is 1. The van der Waals surface area contributed by atoms with Crippen molar-refractivity contribution in [2.45, 2.75) is 58.1 Å². The van der Waals surface area contributed by atoms with Crippen molar-refractivity contribution in [1.29, 1.82) is 0 Å². The number of rotatable bonds is 7. The van der Waals surface area contributed by atoms with Crippen molar-refractivity contribution >= 4 is 23.7 Å². The highest BCUT2D eigenvalue weighted by Crippen LogP contribution is 2.17. The van der Waals surface area contributed by atoms with Crippen LogP contribution in [0.2, 0.25) is 0 Å². The first-order valence-corrected chi connectivity index (χ1v) is 9.40. The minimum atomic E-state index is -1.14. The van der Waals surface area contributed by atoms with Crippen LogP contribution in [-0.4, -0.2) is 42.4 Å². The van der Waals surface area contributed by atoms with Crippen molar-refractivity contribution < 1.29 is 28.7 Å². The third-order valence-electron chi connectivity index (χ3n) is 4.45. The fraction of sp³-hybridized carbons (Fsp3) is 0.500. The molecule has 0 saturated heterocycles. The second kappa shape index (κ2) is 10.4. The number of hydrogen-bond acceptors (Lipinski definition) is 6. The maximum absolute atomic E-state index is 12.0. The molecule has 0 bridgehead atoms. The van der Waals surface area contributed by atoms with E-state index in [1.165, 1.54) is 19.9 Å². The van der Waals surface area contributed by atoms with Gasteiger partial charge in [-0.2, -0.15) is 0 Å². The van der Waals surface area contributed by atoms with Gasteiger partial charge in [0.2, 0.25) is 0 Å². The van der Waals surface area contributed by atoms with Crippen LogP contribution in [0.5, 0.6) is 5.75 Å². The molecule has 2 N–H and O–H groups in total. The van der Waals surface area contributed by atoms with Gasteiger partial charge in [0.05, 0.1) is 0 Å². The van der Waals surface area contributed by atoms with Crippen LogP contribution in [-0.2, 0) is 14.3 Å². The standard InChI is InChI=1S/C20H26N2O6/c1-13(23)15-7-6-10-17(11-15)27-12-18(24)28-14(2)19(25)22-20(26)21-16-8-4-3-5-9-16/h6-7,10-11,14,16H,3-5,8-9,12H2,1-2H3,(H2,21,22,25,26)/t14-/m1/s1. The smallest absolute Gasteiger partial charge is 0.344 e. The van der Waals surface area contributed by atoms with Gasteiger partial charge < -0.3 is 14.8 Å². The predicted octanol–water partition coefficient (Wildman–Crippen LogP) is 2.36. The highest BCUT2D eigenvalue weighted by atomic mass is 16.6. The molecule has 152 valence electrons. The number of carbonyl (C=O) groups excluding carboxylic acids is 4. The molecule has 1 aromatic rings. The van der Waals surface area contributed by atoms with Crippen LogP contribution in [0, 0.1) is 0 Å². The van der Waals surface area contributed by atoms with Crippen molar-refractivity contribution in [2.24, 2.45) is 0 Å². The molecule has 1 saturated carbocycles. The summed E-state index contributed by atoms with van der Waals surface area (Å²) in [5.41, 5.74) is 0.461. The van der Waals surface area contributed by atoms with Gasteiger partial charge in [-0.1, -0.05) is 31.4 Å². The third-order valence-corrected chi connectivity index (χ3v) is 4.45. The fourth-order valence-corrected chi connectivity index (χ4v) is 2.91. The Kier molecular flexibility index (Phi) is 7.98. The average Bonchev–Trinajstić information content (AvgIpc) is 2.67. The summed E-state index contributed by atoms with van der Waals surface area (Å²) >= 11 is 0. The number of amides is 3. The minimum Gasteiger partial charge on any atom is -0.482 e. The van der Waals surface area contributed by atoms with E-state index in [1.807, 2.05) is 0 Å². The van der Waals surface area contributed by atoms with Crippen LogP contribution in [0.25, 0.3) is 0 Å². The molecule has 1 aliphatic rings. The molecule has 1 atom stereocenters. The van der Waals surface area contributed by atoms with Crippen LogP contribution in [0.15, 0.2) is 24.3 Å². The van der Waals surface area contributed by atoms with E-state index in [1.54, 1.807) is 18.2 Å². The number of ketones is 1. The zero-order valence-electron chi connectivity index (χ0n) is 16.2. The second-order valence-electron chi connectivity index (χ2n) is 6.80. The lowest BCUT2D eigenvalue weighted by molar-refractivity contribution is -0.156. The third kappa shape index (κ3) is 7.02. The van der Waals surface area contributed by atoms with E-state index in [4.69, 9.17) is 9.47 Å². The summed E-state index contributed by atoms with van der Waals surface area (Å²) in [6.45, 7) is 2.38. The molecule has 3 amide bonds. The summed E-state index contributed by atoms with van der Waals surface area (Å²) in [6.07, 6.45) is 3.93. The summed E-state index contributed by atoms with van der Waals surface area (Å²) in [4.78, 5) is 47.1. The molecule has 0 aliphatic heterocycles. The highest BCUT2D eigenvalue weighted by molar-refractivity contribution is 5.97. The number of ether oxygens (including phenoxy) is 2. The molecule has 0 aromatic heterocycles. The van der Waals surface area contributed by atoms with E-state index in [2.05, 4.69) is 10.6 Å². The van der Waals surface area contributed by atoms with Crippen LogP contribution in [0.3, 0.4) is 0 Å². The van der Waals surface area contributed by atoms with Crippen LogP contribution in [0.1, 0.15) is 56.3 Å². The number of Topliss-reactive ketones (excluding diaryl/α,β-unsaturated/α-hetero) is 1. The molecular formula is C20H26N2O6. The number of hydrogen-bond donors (Lipinski definition) is 2. The van der Waals surface area contributed by atoms with E-state index >= 15 is 0 Å². The lowest BCUT2D eigenvalue weighted by Gasteiger charge is -2.23.